The smallest absolute Gasteiger partial charge is 0.270 e. The molecule has 0 saturated carbocycles. The predicted octanol–water partition coefficient (Wildman–Crippen LogP) is 1.36. The molecule has 0 radical (unpaired) electrons. The molecule has 1 aromatic heterocycles. The van der Waals surface area contributed by atoms with Crippen molar-refractivity contribution in [2.24, 2.45) is 5.73 Å². The van der Waals surface area contributed by atoms with Gasteiger partial charge >= 0.3 is 0 Å². The molecule has 3 N–H and O–H groups in total. The molecule has 0 aliphatic heterocycles. The molecule has 0 aliphatic carbocycles. The van der Waals surface area contributed by atoms with Crippen molar-refractivity contribution < 1.29 is 4.79 Å². The first-order chi connectivity index (χ1) is 7.05. The lowest BCUT2D eigenvalue weighted by Gasteiger charge is -2.25. The standard InChI is InChI=1S/C11H17N3O.ClH/c1-11(2,6-7-12)14-10(15)9-5-3-4-8-13-9;/h3-5,8H,6-7,12H2,1-2H3,(H,14,15);1H. The van der Waals surface area contributed by atoms with Crippen molar-refractivity contribution in [2.75, 3.05) is 6.54 Å². The van der Waals surface area contributed by atoms with Crippen LogP contribution in [-0.2, 0) is 0 Å². The highest BCUT2D eigenvalue weighted by Gasteiger charge is 2.20. The van der Waals surface area contributed by atoms with E-state index >= 15 is 0 Å². The Hall–Kier alpha value is -1.13. The Balaban J connectivity index is 0.00000225. The fourth-order valence-corrected chi connectivity index (χ4v) is 1.29. The summed E-state index contributed by atoms with van der Waals surface area (Å²) in [6.45, 7) is 4.44. The Kier molecular flexibility index (Phi) is 6.00. The molecular formula is C11H18ClN3O. The molecule has 16 heavy (non-hydrogen) atoms. The van der Waals surface area contributed by atoms with E-state index in [1.165, 1.54) is 0 Å². The van der Waals surface area contributed by atoms with Gasteiger partial charge in [-0.25, -0.2) is 0 Å². The zero-order chi connectivity index (χ0) is 11.3. The molecule has 1 rings (SSSR count). The summed E-state index contributed by atoms with van der Waals surface area (Å²) in [5.41, 5.74) is 5.61. The van der Waals surface area contributed by atoms with Gasteiger partial charge in [0, 0.05) is 11.7 Å². The van der Waals surface area contributed by atoms with Crippen LogP contribution >= 0.6 is 12.4 Å². The largest absolute Gasteiger partial charge is 0.346 e. The molecule has 0 atom stereocenters. The first-order valence-corrected chi connectivity index (χ1v) is 4.99. The quantitative estimate of drug-likeness (QED) is 0.839. The highest BCUT2D eigenvalue weighted by molar-refractivity contribution is 5.92. The van der Waals surface area contributed by atoms with Crippen LogP contribution in [-0.4, -0.2) is 23.0 Å². The molecule has 0 aromatic carbocycles. The van der Waals surface area contributed by atoms with Gasteiger partial charge in [-0.05, 0) is 38.9 Å². The van der Waals surface area contributed by atoms with Crippen LogP contribution in [0.25, 0.3) is 0 Å². The van der Waals surface area contributed by atoms with Crippen LogP contribution in [0.5, 0.6) is 0 Å². The van der Waals surface area contributed by atoms with E-state index in [0.717, 1.165) is 6.42 Å². The normalized spacial score (nSPS) is 10.4. The Bertz CT molecular complexity index is 327. The molecule has 0 saturated heterocycles. The third-order valence-electron chi connectivity index (χ3n) is 2.12. The second kappa shape index (κ2) is 6.45. The van der Waals surface area contributed by atoms with Gasteiger partial charge in [-0.15, -0.1) is 12.4 Å². The summed E-state index contributed by atoms with van der Waals surface area (Å²) in [6.07, 6.45) is 2.34. The average Bonchev–Trinajstić information content (AvgIpc) is 2.18. The molecule has 1 aromatic rings. The highest BCUT2D eigenvalue weighted by atomic mass is 35.5. The molecule has 0 unspecified atom stereocenters. The van der Waals surface area contributed by atoms with Crippen LogP contribution in [0.2, 0.25) is 0 Å². The summed E-state index contributed by atoms with van der Waals surface area (Å²) in [6, 6.07) is 5.26. The molecule has 5 heteroatoms. The fourth-order valence-electron chi connectivity index (χ4n) is 1.29. The third kappa shape index (κ3) is 4.59. The molecule has 0 spiro atoms. The van der Waals surface area contributed by atoms with Gasteiger partial charge in [-0.1, -0.05) is 6.07 Å². The van der Waals surface area contributed by atoms with E-state index < -0.39 is 0 Å². The van der Waals surface area contributed by atoms with Gasteiger partial charge in [0.2, 0.25) is 0 Å². The number of amides is 1. The van der Waals surface area contributed by atoms with Crippen molar-refractivity contribution in [3.05, 3.63) is 30.1 Å². The van der Waals surface area contributed by atoms with E-state index in [0.29, 0.717) is 12.2 Å². The number of pyridine rings is 1. The van der Waals surface area contributed by atoms with Crippen LogP contribution in [0, 0.1) is 0 Å². The number of nitrogens with zero attached hydrogens (tertiary/aromatic N) is 1. The molecule has 0 fully saturated rings. The fraction of sp³-hybridized carbons (Fsp3) is 0.455. The lowest BCUT2D eigenvalue weighted by molar-refractivity contribution is 0.0905. The minimum atomic E-state index is -0.288. The number of aromatic nitrogens is 1. The zero-order valence-electron chi connectivity index (χ0n) is 9.56. The molecule has 0 aliphatic rings. The van der Waals surface area contributed by atoms with Crippen molar-refractivity contribution in [1.29, 1.82) is 0 Å². The maximum absolute atomic E-state index is 11.7. The van der Waals surface area contributed by atoms with Gasteiger partial charge in [0.05, 0.1) is 0 Å². The minimum absolute atomic E-state index is 0. The van der Waals surface area contributed by atoms with Gasteiger partial charge in [0.1, 0.15) is 5.69 Å². The van der Waals surface area contributed by atoms with Crippen LogP contribution < -0.4 is 11.1 Å². The van der Waals surface area contributed by atoms with Gasteiger partial charge in [0.25, 0.3) is 5.91 Å². The van der Waals surface area contributed by atoms with Crippen LogP contribution in [0.1, 0.15) is 30.8 Å². The van der Waals surface area contributed by atoms with Gasteiger partial charge in [-0.3, -0.25) is 9.78 Å². The van der Waals surface area contributed by atoms with Crippen molar-refractivity contribution in [3.63, 3.8) is 0 Å². The molecule has 90 valence electrons. The first kappa shape index (κ1) is 14.9. The molecular weight excluding hydrogens is 226 g/mol. The number of rotatable bonds is 4. The van der Waals surface area contributed by atoms with E-state index in [1.54, 1.807) is 24.4 Å². The van der Waals surface area contributed by atoms with Gasteiger partial charge < -0.3 is 11.1 Å². The maximum atomic E-state index is 11.7. The number of carbonyl (C=O) groups excluding carboxylic acids is 1. The second-order valence-electron chi connectivity index (χ2n) is 4.09. The number of hydrogen-bond donors (Lipinski definition) is 2. The zero-order valence-corrected chi connectivity index (χ0v) is 10.4. The summed E-state index contributed by atoms with van der Waals surface area (Å²) in [5.74, 6) is -0.158. The maximum Gasteiger partial charge on any atom is 0.270 e. The van der Waals surface area contributed by atoms with Crippen LogP contribution in [0.15, 0.2) is 24.4 Å². The number of nitrogens with two attached hydrogens (primary N) is 1. The summed E-state index contributed by atoms with van der Waals surface area (Å²) in [4.78, 5) is 15.7. The lowest BCUT2D eigenvalue weighted by Crippen LogP contribution is -2.44. The molecule has 4 nitrogen and oxygen atoms in total. The molecule has 0 bridgehead atoms. The van der Waals surface area contributed by atoms with Gasteiger partial charge in [0.15, 0.2) is 0 Å². The highest BCUT2D eigenvalue weighted by Crippen LogP contribution is 2.07. The summed E-state index contributed by atoms with van der Waals surface area (Å²) in [5, 5.41) is 2.89. The number of nitrogens with one attached hydrogen (secondary N) is 1. The topological polar surface area (TPSA) is 68.0 Å². The van der Waals surface area contributed by atoms with E-state index in [9.17, 15) is 4.79 Å². The van der Waals surface area contributed by atoms with Gasteiger partial charge in [-0.2, -0.15) is 0 Å². The minimum Gasteiger partial charge on any atom is -0.346 e. The average molecular weight is 244 g/mol. The van der Waals surface area contributed by atoms with Crippen LogP contribution in [0.3, 0.4) is 0 Å². The first-order valence-electron chi connectivity index (χ1n) is 4.99. The van der Waals surface area contributed by atoms with Crippen LogP contribution in [0.4, 0.5) is 0 Å². The Morgan fingerprint density at radius 3 is 2.69 bits per heavy atom. The Morgan fingerprint density at radius 1 is 1.50 bits per heavy atom. The number of hydrogen-bond acceptors (Lipinski definition) is 3. The summed E-state index contributed by atoms with van der Waals surface area (Å²) >= 11 is 0. The van der Waals surface area contributed by atoms with E-state index in [-0.39, 0.29) is 23.9 Å². The van der Waals surface area contributed by atoms with E-state index in [1.807, 2.05) is 13.8 Å². The SMILES string of the molecule is CC(C)(CCN)NC(=O)c1ccccn1.Cl. The molecule has 1 amide bonds. The third-order valence-corrected chi connectivity index (χ3v) is 2.12. The van der Waals surface area contributed by atoms with Crippen molar-refractivity contribution in [3.8, 4) is 0 Å². The monoisotopic (exact) mass is 243 g/mol. The number of carbonyl (C=O) groups is 1. The molecule has 1 heterocycles. The number of halogens is 1. The van der Waals surface area contributed by atoms with E-state index in [4.69, 9.17) is 5.73 Å². The predicted molar refractivity (Wildman–Crippen MR) is 66.7 cm³/mol. The Morgan fingerprint density at radius 2 is 2.19 bits per heavy atom. The van der Waals surface area contributed by atoms with E-state index in [2.05, 4.69) is 10.3 Å². The summed E-state index contributed by atoms with van der Waals surface area (Å²) in [7, 11) is 0. The van der Waals surface area contributed by atoms with Crippen molar-refractivity contribution in [1.82, 2.24) is 10.3 Å². The van der Waals surface area contributed by atoms with Crippen molar-refractivity contribution >= 4 is 18.3 Å². The Labute approximate surface area is 102 Å². The lowest BCUT2D eigenvalue weighted by atomic mass is 10.0. The van der Waals surface area contributed by atoms with Crippen molar-refractivity contribution in [2.45, 2.75) is 25.8 Å². The summed E-state index contributed by atoms with van der Waals surface area (Å²) < 4.78 is 0. The second-order valence-corrected chi connectivity index (χ2v) is 4.09.